The van der Waals surface area contributed by atoms with Crippen molar-refractivity contribution < 1.29 is 14.3 Å². The van der Waals surface area contributed by atoms with Gasteiger partial charge in [0.25, 0.3) is 5.91 Å². The molecule has 0 bridgehead atoms. The molecule has 1 aliphatic heterocycles. The lowest BCUT2D eigenvalue weighted by Gasteiger charge is -2.26. The van der Waals surface area contributed by atoms with Gasteiger partial charge in [0.2, 0.25) is 5.91 Å². The standard InChI is InChI=1S/C30H34N6O3/c1-5-20(3)29(33-24-12-10-22(11-13-24)30(38)36-14-16-39-17-15-36)34-28(26-19-31-35-21(26)4)23-8-7-9-25(18-23)32-27(37)6-2/h6-13,18-20H,2,5,14-17H2,1,3-4H3,(H,31,35)(H,32,37). The molecule has 1 saturated heterocycles. The van der Waals surface area contributed by atoms with E-state index in [0.29, 0.717) is 54.8 Å². The first-order chi connectivity index (χ1) is 18.9. The largest absolute Gasteiger partial charge is 0.378 e. The average molecular weight is 527 g/mol. The van der Waals surface area contributed by atoms with Crippen LogP contribution in [0.25, 0.3) is 0 Å². The Hall–Kier alpha value is -4.37. The Kier molecular flexibility index (Phi) is 9.17. The molecular weight excluding hydrogens is 492 g/mol. The maximum atomic E-state index is 12.8. The molecule has 2 aromatic carbocycles. The van der Waals surface area contributed by atoms with Crippen LogP contribution in [-0.2, 0) is 9.53 Å². The molecule has 1 fully saturated rings. The summed E-state index contributed by atoms with van der Waals surface area (Å²) in [6, 6.07) is 14.8. The quantitative estimate of drug-likeness (QED) is 0.246. The maximum Gasteiger partial charge on any atom is 0.254 e. The van der Waals surface area contributed by atoms with Gasteiger partial charge >= 0.3 is 0 Å². The number of rotatable bonds is 8. The van der Waals surface area contributed by atoms with Crippen LogP contribution in [0.1, 0.15) is 47.4 Å². The number of morpholine rings is 1. The SMILES string of the molecule is C=CC(=O)Nc1cccc(C(=NC(=Nc2ccc(C(=O)N3CCOCC3)cc2)C(C)CC)c2cn[nH]c2C)c1. The number of amides is 2. The highest BCUT2D eigenvalue weighted by molar-refractivity contribution is 6.18. The first kappa shape index (κ1) is 27.7. The predicted molar refractivity (Wildman–Crippen MR) is 154 cm³/mol. The van der Waals surface area contributed by atoms with Crippen molar-refractivity contribution >= 4 is 34.7 Å². The van der Waals surface area contributed by atoms with Crippen LogP contribution >= 0.6 is 0 Å². The Morgan fingerprint density at radius 3 is 2.56 bits per heavy atom. The summed E-state index contributed by atoms with van der Waals surface area (Å²) in [6.45, 7) is 12.0. The third-order valence-corrected chi connectivity index (χ3v) is 6.61. The van der Waals surface area contributed by atoms with Gasteiger partial charge < -0.3 is 15.0 Å². The normalized spacial score (nSPS) is 15.1. The summed E-state index contributed by atoms with van der Waals surface area (Å²) in [6.07, 6.45) is 3.81. The van der Waals surface area contributed by atoms with Gasteiger partial charge in [-0.05, 0) is 55.8 Å². The lowest BCUT2D eigenvalue weighted by molar-refractivity contribution is -0.111. The number of aromatic amines is 1. The number of aryl methyl sites for hydroxylation is 1. The van der Waals surface area contributed by atoms with Crippen molar-refractivity contribution in [1.82, 2.24) is 15.1 Å². The molecule has 2 heterocycles. The third-order valence-electron chi connectivity index (χ3n) is 6.61. The Balaban J connectivity index is 1.71. The van der Waals surface area contributed by atoms with Crippen molar-refractivity contribution in [2.75, 3.05) is 31.6 Å². The number of H-pyrrole nitrogens is 1. The molecule has 39 heavy (non-hydrogen) atoms. The predicted octanol–water partition coefficient (Wildman–Crippen LogP) is 4.93. The molecule has 1 aliphatic rings. The van der Waals surface area contributed by atoms with Crippen molar-refractivity contribution in [3.05, 3.63) is 89.8 Å². The molecule has 1 unspecified atom stereocenters. The summed E-state index contributed by atoms with van der Waals surface area (Å²) in [5.41, 5.74) is 5.17. The zero-order valence-electron chi connectivity index (χ0n) is 22.6. The number of anilines is 1. The summed E-state index contributed by atoms with van der Waals surface area (Å²) < 4.78 is 5.36. The molecule has 2 amide bonds. The molecule has 3 aromatic rings. The average Bonchev–Trinajstić information content (AvgIpc) is 3.40. The molecule has 4 rings (SSSR count). The van der Waals surface area contributed by atoms with E-state index < -0.39 is 0 Å². The number of carbonyl (C=O) groups excluding carboxylic acids is 2. The summed E-state index contributed by atoms with van der Waals surface area (Å²) in [4.78, 5) is 36.5. The fourth-order valence-corrected chi connectivity index (χ4v) is 4.11. The Morgan fingerprint density at radius 1 is 1.18 bits per heavy atom. The number of benzene rings is 2. The van der Waals surface area contributed by atoms with Crippen molar-refractivity contribution in [2.45, 2.75) is 27.2 Å². The van der Waals surface area contributed by atoms with Gasteiger partial charge in [-0.25, -0.2) is 9.98 Å². The van der Waals surface area contributed by atoms with Crippen molar-refractivity contribution in [1.29, 1.82) is 0 Å². The Labute approximate surface area is 228 Å². The number of hydrogen-bond acceptors (Lipinski definition) is 5. The van der Waals surface area contributed by atoms with E-state index in [-0.39, 0.29) is 17.7 Å². The van der Waals surface area contributed by atoms with Crippen LogP contribution in [0.15, 0.2) is 77.4 Å². The van der Waals surface area contributed by atoms with E-state index in [2.05, 4.69) is 35.9 Å². The third kappa shape index (κ3) is 6.94. The van der Waals surface area contributed by atoms with Gasteiger partial charge in [-0.15, -0.1) is 0 Å². The zero-order valence-corrected chi connectivity index (χ0v) is 22.6. The molecule has 1 atom stereocenters. The number of aromatic nitrogens is 2. The highest BCUT2D eigenvalue weighted by Crippen LogP contribution is 2.22. The molecule has 0 spiro atoms. The molecule has 202 valence electrons. The molecule has 0 radical (unpaired) electrons. The highest BCUT2D eigenvalue weighted by Gasteiger charge is 2.19. The molecular formula is C30H34N6O3. The molecule has 9 nitrogen and oxygen atoms in total. The monoisotopic (exact) mass is 526 g/mol. The smallest absolute Gasteiger partial charge is 0.254 e. The van der Waals surface area contributed by atoms with E-state index in [4.69, 9.17) is 14.7 Å². The second kappa shape index (κ2) is 12.9. The molecule has 1 aromatic heterocycles. The van der Waals surface area contributed by atoms with Gasteiger partial charge in [-0.2, -0.15) is 5.10 Å². The first-order valence-electron chi connectivity index (χ1n) is 13.1. The van der Waals surface area contributed by atoms with Gasteiger partial charge in [-0.1, -0.05) is 32.6 Å². The van der Waals surface area contributed by atoms with Gasteiger partial charge in [0, 0.05) is 47.1 Å². The second-order valence-electron chi connectivity index (χ2n) is 9.37. The Morgan fingerprint density at radius 2 is 1.92 bits per heavy atom. The second-order valence-corrected chi connectivity index (χ2v) is 9.37. The van der Waals surface area contributed by atoms with Gasteiger partial charge in [0.1, 0.15) is 5.84 Å². The fourth-order valence-electron chi connectivity index (χ4n) is 4.11. The van der Waals surface area contributed by atoms with Crippen molar-refractivity contribution in [3.8, 4) is 0 Å². The summed E-state index contributed by atoms with van der Waals surface area (Å²) in [5, 5.41) is 10.00. The van der Waals surface area contributed by atoms with Crippen LogP contribution in [0.5, 0.6) is 0 Å². The maximum absolute atomic E-state index is 12.8. The van der Waals surface area contributed by atoms with Crippen molar-refractivity contribution in [2.24, 2.45) is 15.9 Å². The number of nitrogens with one attached hydrogen (secondary N) is 2. The molecule has 2 N–H and O–H groups in total. The summed E-state index contributed by atoms with van der Waals surface area (Å²) >= 11 is 0. The zero-order chi connectivity index (χ0) is 27.8. The van der Waals surface area contributed by atoms with E-state index in [1.165, 1.54) is 6.08 Å². The molecule has 9 heteroatoms. The number of nitrogens with zero attached hydrogens (tertiary/aromatic N) is 4. The minimum atomic E-state index is -0.289. The highest BCUT2D eigenvalue weighted by atomic mass is 16.5. The van der Waals surface area contributed by atoms with Gasteiger partial charge in [0.15, 0.2) is 0 Å². The van der Waals surface area contributed by atoms with Crippen molar-refractivity contribution in [3.63, 3.8) is 0 Å². The minimum absolute atomic E-state index is 0.00449. The van der Waals surface area contributed by atoms with Crippen LogP contribution in [0.2, 0.25) is 0 Å². The fraction of sp³-hybridized carbons (Fsp3) is 0.300. The van der Waals surface area contributed by atoms with Gasteiger partial charge in [-0.3, -0.25) is 14.7 Å². The number of aliphatic imine (C=N–C) groups is 2. The molecule has 0 aliphatic carbocycles. The van der Waals surface area contributed by atoms with Crippen LogP contribution in [0.4, 0.5) is 11.4 Å². The Bertz CT molecular complexity index is 1380. The first-order valence-corrected chi connectivity index (χ1v) is 13.1. The van der Waals surface area contributed by atoms with Crippen LogP contribution in [-0.4, -0.2) is 64.8 Å². The topological polar surface area (TPSA) is 112 Å². The summed E-state index contributed by atoms with van der Waals surface area (Å²) in [5.74, 6) is 0.420. The lowest BCUT2D eigenvalue weighted by atomic mass is 10.0. The number of hydrogen-bond donors (Lipinski definition) is 2. The van der Waals surface area contributed by atoms with Crippen LogP contribution < -0.4 is 5.32 Å². The number of carbonyl (C=O) groups is 2. The molecule has 0 saturated carbocycles. The van der Waals surface area contributed by atoms with E-state index in [1.54, 1.807) is 6.20 Å². The minimum Gasteiger partial charge on any atom is -0.378 e. The van der Waals surface area contributed by atoms with Crippen LogP contribution in [0, 0.1) is 12.8 Å². The summed E-state index contributed by atoms with van der Waals surface area (Å²) in [7, 11) is 0. The van der Waals surface area contributed by atoms with E-state index >= 15 is 0 Å². The van der Waals surface area contributed by atoms with E-state index in [0.717, 1.165) is 23.2 Å². The number of ether oxygens (including phenoxy) is 1. The van der Waals surface area contributed by atoms with E-state index in [1.807, 2.05) is 60.4 Å². The van der Waals surface area contributed by atoms with Gasteiger partial charge in [0.05, 0.1) is 30.8 Å². The van der Waals surface area contributed by atoms with Crippen LogP contribution in [0.3, 0.4) is 0 Å². The van der Waals surface area contributed by atoms with E-state index in [9.17, 15) is 9.59 Å². The lowest BCUT2D eigenvalue weighted by Crippen LogP contribution is -2.40. The number of amidine groups is 1.